The van der Waals surface area contributed by atoms with Gasteiger partial charge in [-0.3, -0.25) is 14.5 Å². The Morgan fingerprint density at radius 3 is 2.52 bits per heavy atom. The Bertz CT molecular complexity index is 1010. The molecule has 7 nitrogen and oxygen atoms in total. The molecular formula is C22H22ClN3O4S. The van der Waals surface area contributed by atoms with Crippen LogP contribution in [0.15, 0.2) is 53.5 Å². The molecule has 0 radical (unpaired) electrons. The van der Waals surface area contributed by atoms with E-state index in [4.69, 9.17) is 16.3 Å². The van der Waals surface area contributed by atoms with Crippen LogP contribution >= 0.6 is 23.4 Å². The molecular weight excluding hydrogens is 438 g/mol. The van der Waals surface area contributed by atoms with Gasteiger partial charge < -0.3 is 10.1 Å². The highest BCUT2D eigenvalue weighted by atomic mass is 35.5. The molecule has 0 bridgehead atoms. The highest BCUT2D eigenvalue weighted by molar-refractivity contribution is 8.15. The van der Waals surface area contributed by atoms with E-state index in [1.165, 1.54) is 11.8 Å². The van der Waals surface area contributed by atoms with Crippen molar-refractivity contribution in [2.45, 2.75) is 25.5 Å². The van der Waals surface area contributed by atoms with Crippen molar-refractivity contribution in [3.05, 3.63) is 59.1 Å². The molecule has 2 aromatic rings. The number of esters is 1. The number of carbonyl (C=O) groups excluding carboxylic acids is 3. The Balaban J connectivity index is 1.70. The Kier molecular flexibility index (Phi) is 7.70. The third kappa shape index (κ3) is 5.65. The number of benzene rings is 2. The number of hydrogen-bond donors (Lipinski definition) is 1. The van der Waals surface area contributed by atoms with E-state index in [-0.39, 0.29) is 18.2 Å². The summed E-state index contributed by atoms with van der Waals surface area (Å²) in [4.78, 5) is 43.1. The lowest BCUT2D eigenvalue weighted by Crippen LogP contribution is -2.33. The quantitative estimate of drug-likeness (QED) is 0.616. The van der Waals surface area contributed by atoms with Gasteiger partial charge in [-0.05, 0) is 50.2 Å². The molecule has 1 aliphatic heterocycles. The molecule has 0 aromatic heterocycles. The van der Waals surface area contributed by atoms with Crippen LogP contribution in [0.5, 0.6) is 0 Å². The van der Waals surface area contributed by atoms with Crippen LogP contribution in [0, 0.1) is 0 Å². The Labute approximate surface area is 189 Å². The molecule has 9 heteroatoms. The first-order valence-electron chi connectivity index (χ1n) is 9.81. The first kappa shape index (κ1) is 22.8. The SMILES string of the molecule is CCOC(=O)c1ccc(N=C2S[C@H](CC(=O)Nc3ccccc3Cl)C(=O)N2CC)cc1. The summed E-state index contributed by atoms with van der Waals surface area (Å²) < 4.78 is 4.97. The van der Waals surface area contributed by atoms with Gasteiger partial charge in [0.15, 0.2) is 5.17 Å². The number of nitrogens with one attached hydrogen (secondary N) is 1. The highest BCUT2D eigenvalue weighted by Crippen LogP contribution is 2.32. The average molecular weight is 460 g/mol. The highest BCUT2D eigenvalue weighted by Gasteiger charge is 2.38. The number of hydrogen-bond acceptors (Lipinski definition) is 6. The van der Waals surface area contributed by atoms with Gasteiger partial charge in [0.05, 0.1) is 28.6 Å². The monoisotopic (exact) mass is 459 g/mol. The topological polar surface area (TPSA) is 88.1 Å². The van der Waals surface area contributed by atoms with E-state index in [1.807, 2.05) is 6.92 Å². The number of carbonyl (C=O) groups is 3. The number of halogens is 1. The van der Waals surface area contributed by atoms with E-state index in [0.717, 1.165) is 0 Å². The minimum absolute atomic E-state index is 0.00599. The zero-order valence-corrected chi connectivity index (χ0v) is 18.7. The van der Waals surface area contributed by atoms with Crippen LogP contribution in [0.25, 0.3) is 0 Å². The molecule has 1 heterocycles. The van der Waals surface area contributed by atoms with Crippen molar-refractivity contribution in [1.29, 1.82) is 0 Å². The second kappa shape index (κ2) is 10.5. The van der Waals surface area contributed by atoms with Gasteiger partial charge in [0, 0.05) is 13.0 Å². The van der Waals surface area contributed by atoms with Crippen molar-refractivity contribution in [2.24, 2.45) is 4.99 Å². The molecule has 1 fully saturated rings. The molecule has 1 N–H and O–H groups in total. The van der Waals surface area contributed by atoms with Gasteiger partial charge in [-0.2, -0.15) is 0 Å². The van der Waals surface area contributed by atoms with Crippen molar-refractivity contribution < 1.29 is 19.1 Å². The van der Waals surface area contributed by atoms with Crippen LogP contribution in [0.2, 0.25) is 5.02 Å². The van der Waals surface area contributed by atoms with Crippen LogP contribution < -0.4 is 5.32 Å². The lowest BCUT2D eigenvalue weighted by molar-refractivity contribution is -0.128. The van der Waals surface area contributed by atoms with Crippen molar-refractivity contribution in [3.8, 4) is 0 Å². The summed E-state index contributed by atoms with van der Waals surface area (Å²) in [7, 11) is 0. The summed E-state index contributed by atoms with van der Waals surface area (Å²) in [5.74, 6) is -0.856. The number of nitrogens with zero attached hydrogens (tertiary/aromatic N) is 2. The van der Waals surface area contributed by atoms with E-state index in [2.05, 4.69) is 10.3 Å². The molecule has 0 saturated carbocycles. The first-order chi connectivity index (χ1) is 14.9. The normalized spacial score (nSPS) is 17.1. The van der Waals surface area contributed by atoms with Crippen molar-refractivity contribution in [3.63, 3.8) is 0 Å². The number of anilines is 1. The van der Waals surface area contributed by atoms with Crippen LogP contribution in [0.3, 0.4) is 0 Å². The number of aliphatic imine (C=N–C) groups is 1. The summed E-state index contributed by atoms with van der Waals surface area (Å²) in [6, 6.07) is 13.6. The zero-order valence-electron chi connectivity index (χ0n) is 17.1. The zero-order chi connectivity index (χ0) is 22.4. The maximum atomic E-state index is 12.8. The predicted octanol–water partition coefficient (Wildman–Crippen LogP) is 4.50. The maximum absolute atomic E-state index is 12.8. The molecule has 3 rings (SSSR count). The molecule has 1 saturated heterocycles. The Morgan fingerprint density at radius 1 is 1.16 bits per heavy atom. The van der Waals surface area contributed by atoms with Gasteiger partial charge in [0.25, 0.3) is 0 Å². The molecule has 2 amide bonds. The number of para-hydroxylation sites is 1. The fraction of sp³-hybridized carbons (Fsp3) is 0.273. The lowest BCUT2D eigenvalue weighted by Gasteiger charge is -2.13. The van der Waals surface area contributed by atoms with Gasteiger partial charge in [0.2, 0.25) is 11.8 Å². The predicted molar refractivity (Wildman–Crippen MR) is 123 cm³/mol. The second-order valence-corrected chi connectivity index (χ2v) is 8.16. The third-order valence-electron chi connectivity index (χ3n) is 4.46. The lowest BCUT2D eigenvalue weighted by atomic mass is 10.2. The smallest absolute Gasteiger partial charge is 0.338 e. The number of amidine groups is 1. The van der Waals surface area contributed by atoms with Crippen LogP contribution in [0.1, 0.15) is 30.6 Å². The largest absolute Gasteiger partial charge is 0.462 e. The van der Waals surface area contributed by atoms with Crippen molar-refractivity contribution >= 4 is 57.7 Å². The molecule has 1 atom stereocenters. The van der Waals surface area contributed by atoms with Crippen molar-refractivity contribution in [2.75, 3.05) is 18.5 Å². The minimum atomic E-state index is -0.569. The Morgan fingerprint density at radius 2 is 1.87 bits per heavy atom. The molecule has 31 heavy (non-hydrogen) atoms. The van der Waals surface area contributed by atoms with E-state index >= 15 is 0 Å². The molecule has 2 aromatic carbocycles. The van der Waals surface area contributed by atoms with E-state index < -0.39 is 11.2 Å². The van der Waals surface area contributed by atoms with Gasteiger partial charge in [-0.15, -0.1) is 0 Å². The van der Waals surface area contributed by atoms with E-state index in [9.17, 15) is 14.4 Å². The summed E-state index contributed by atoms with van der Waals surface area (Å²) in [5.41, 5.74) is 1.54. The van der Waals surface area contributed by atoms with E-state index in [0.29, 0.717) is 40.3 Å². The van der Waals surface area contributed by atoms with Gasteiger partial charge >= 0.3 is 5.97 Å². The molecule has 0 aliphatic carbocycles. The number of thioether (sulfide) groups is 1. The number of rotatable bonds is 7. The summed E-state index contributed by atoms with van der Waals surface area (Å²) in [6.07, 6.45) is 0.00599. The summed E-state index contributed by atoms with van der Waals surface area (Å²) >= 11 is 7.33. The van der Waals surface area contributed by atoms with Gasteiger partial charge in [-0.1, -0.05) is 35.5 Å². The second-order valence-electron chi connectivity index (χ2n) is 6.58. The standard InChI is InChI=1S/C22H22ClN3O4S/c1-3-26-20(28)18(13-19(27)25-17-8-6-5-7-16(17)23)31-22(26)24-15-11-9-14(10-12-15)21(29)30-4-2/h5-12,18H,3-4,13H2,1-2H3,(H,25,27)/t18-/m1/s1. The number of ether oxygens (including phenoxy) is 1. The summed E-state index contributed by atoms with van der Waals surface area (Å²) in [5, 5.41) is 3.13. The average Bonchev–Trinajstić information content (AvgIpc) is 3.04. The fourth-order valence-corrected chi connectivity index (χ4v) is 4.35. The maximum Gasteiger partial charge on any atom is 0.338 e. The van der Waals surface area contributed by atoms with Crippen molar-refractivity contribution in [1.82, 2.24) is 4.90 Å². The van der Waals surface area contributed by atoms with Crippen LogP contribution in [0.4, 0.5) is 11.4 Å². The minimum Gasteiger partial charge on any atom is -0.462 e. The van der Waals surface area contributed by atoms with Crippen LogP contribution in [-0.2, 0) is 14.3 Å². The van der Waals surface area contributed by atoms with Gasteiger partial charge in [0.1, 0.15) is 5.25 Å². The number of amides is 2. The fourth-order valence-electron chi connectivity index (χ4n) is 2.95. The molecule has 0 unspecified atom stereocenters. The summed E-state index contributed by atoms with van der Waals surface area (Å²) in [6.45, 7) is 4.34. The molecule has 1 aliphatic rings. The first-order valence-corrected chi connectivity index (χ1v) is 11.1. The molecule has 162 valence electrons. The molecule has 0 spiro atoms. The third-order valence-corrected chi connectivity index (χ3v) is 5.96. The Hall–Kier alpha value is -2.84. The van der Waals surface area contributed by atoms with Gasteiger partial charge in [-0.25, -0.2) is 9.79 Å². The van der Waals surface area contributed by atoms with Crippen LogP contribution in [-0.4, -0.2) is 46.3 Å². The van der Waals surface area contributed by atoms with E-state index in [1.54, 1.807) is 60.4 Å².